The number of hydrogen-bond acceptors (Lipinski definition) is 5. The molecule has 1 amide bonds. The largest absolute Gasteiger partial charge is 0.383 e. The van der Waals surface area contributed by atoms with Gasteiger partial charge in [0, 0.05) is 30.5 Å². The van der Waals surface area contributed by atoms with E-state index in [1.165, 1.54) is 31.0 Å². The molecule has 1 heterocycles. The van der Waals surface area contributed by atoms with Gasteiger partial charge >= 0.3 is 0 Å². The summed E-state index contributed by atoms with van der Waals surface area (Å²) in [5, 5.41) is 17.0. The Morgan fingerprint density at radius 1 is 1.48 bits per heavy atom. The van der Waals surface area contributed by atoms with E-state index in [1.54, 1.807) is 7.05 Å². The minimum absolute atomic E-state index is 0.0307. The van der Waals surface area contributed by atoms with Gasteiger partial charge in [-0.3, -0.25) is 14.9 Å². The van der Waals surface area contributed by atoms with Gasteiger partial charge in [0.15, 0.2) is 0 Å². The maximum Gasteiger partial charge on any atom is 0.292 e. The van der Waals surface area contributed by atoms with Gasteiger partial charge in [-0.2, -0.15) is 11.8 Å². The maximum absolute atomic E-state index is 12.1. The normalized spacial score (nSPS) is 18.0. The number of anilines is 1. The van der Waals surface area contributed by atoms with E-state index >= 15 is 0 Å². The van der Waals surface area contributed by atoms with Crippen molar-refractivity contribution in [1.82, 2.24) is 5.32 Å². The van der Waals surface area contributed by atoms with Crippen molar-refractivity contribution in [1.29, 1.82) is 0 Å². The highest BCUT2D eigenvalue weighted by Gasteiger charge is 2.18. The summed E-state index contributed by atoms with van der Waals surface area (Å²) in [6.07, 6.45) is 3.60. The molecular formula is C14H19N3O3S. The zero-order chi connectivity index (χ0) is 15.2. The molecule has 1 aromatic rings. The second-order valence-corrected chi connectivity index (χ2v) is 6.35. The molecule has 1 aromatic carbocycles. The van der Waals surface area contributed by atoms with Gasteiger partial charge in [0.1, 0.15) is 5.69 Å². The quantitative estimate of drug-likeness (QED) is 0.645. The van der Waals surface area contributed by atoms with E-state index in [2.05, 4.69) is 10.6 Å². The van der Waals surface area contributed by atoms with Crippen molar-refractivity contribution in [3.8, 4) is 0 Å². The van der Waals surface area contributed by atoms with Crippen LogP contribution in [0.15, 0.2) is 18.2 Å². The standard InChI is InChI=1S/C14H19N3O3S/c1-15-12-8-10(5-6-13(12)17(19)20)14(18)16-9-11-4-2-3-7-21-11/h5-6,8,11,15H,2-4,7,9H2,1H3,(H,16,18). The smallest absolute Gasteiger partial charge is 0.292 e. The zero-order valence-corrected chi connectivity index (χ0v) is 12.7. The lowest BCUT2D eigenvalue weighted by Crippen LogP contribution is -2.31. The maximum atomic E-state index is 12.1. The minimum Gasteiger partial charge on any atom is -0.383 e. The fourth-order valence-electron chi connectivity index (χ4n) is 2.31. The van der Waals surface area contributed by atoms with E-state index < -0.39 is 4.92 Å². The Morgan fingerprint density at radius 2 is 2.29 bits per heavy atom. The van der Waals surface area contributed by atoms with Crippen LogP contribution in [-0.4, -0.2) is 35.4 Å². The monoisotopic (exact) mass is 309 g/mol. The molecule has 6 nitrogen and oxygen atoms in total. The third-order valence-electron chi connectivity index (χ3n) is 3.49. The van der Waals surface area contributed by atoms with E-state index in [9.17, 15) is 14.9 Å². The first-order valence-electron chi connectivity index (χ1n) is 6.98. The van der Waals surface area contributed by atoms with Gasteiger partial charge in [-0.1, -0.05) is 6.42 Å². The van der Waals surface area contributed by atoms with Gasteiger partial charge in [-0.25, -0.2) is 0 Å². The number of thioether (sulfide) groups is 1. The van der Waals surface area contributed by atoms with Crippen molar-refractivity contribution in [2.75, 3.05) is 24.7 Å². The van der Waals surface area contributed by atoms with Gasteiger partial charge in [0.2, 0.25) is 0 Å². The van der Waals surface area contributed by atoms with Crippen molar-refractivity contribution in [3.05, 3.63) is 33.9 Å². The first-order chi connectivity index (χ1) is 10.1. The van der Waals surface area contributed by atoms with Gasteiger partial charge < -0.3 is 10.6 Å². The number of amides is 1. The number of nitro benzene ring substituents is 1. The molecular weight excluding hydrogens is 290 g/mol. The van der Waals surface area contributed by atoms with Crippen LogP contribution in [0.25, 0.3) is 0 Å². The molecule has 0 saturated carbocycles. The van der Waals surface area contributed by atoms with Gasteiger partial charge in [-0.05, 0) is 30.7 Å². The number of hydrogen-bond donors (Lipinski definition) is 2. The second kappa shape index (κ2) is 7.31. The highest BCUT2D eigenvalue weighted by Crippen LogP contribution is 2.26. The van der Waals surface area contributed by atoms with Gasteiger partial charge in [0.05, 0.1) is 4.92 Å². The fraction of sp³-hybridized carbons (Fsp3) is 0.500. The summed E-state index contributed by atoms with van der Waals surface area (Å²) in [6.45, 7) is 0.648. The number of carbonyl (C=O) groups excluding carboxylic acids is 1. The predicted octanol–water partition coefficient (Wildman–Crippen LogP) is 2.65. The average molecular weight is 309 g/mol. The third-order valence-corrected chi connectivity index (χ3v) is 4.89. The predicted molar refractivity (Wildman–Crippen MR) is 85.1 cm³/mol. The number of nitrogens with one attached hydrogen (secondary N) is 2. The van der Waals surface area contributed by atoms with Crippen LogP contribution in [0, 0.1) is 10.1 Å². The number of rotatable bonds is 5. The molecule has 1 aliphatic rings. The Balaban J connectivity index is 2.00. The molecule has 0 spiro atoms. The molecule has 1 atom stereocenters. The molecule has 2 rings (SSSR count). The summed E-state index contributed by atoms with van der Waals surface area (Å²) in [5.41, 5.74) is 0.752. The van der Waals surface area contributed by atoms with Crippen LogP contribution in [0.2, 0.25) is 0 Å². The summed E-state index contributed by atoms with van der Waals surface area (Å²) in [5.74, 6) is 0.967. The summed E-state index contributed by atoms with van der Waals surface area (Å²) < 4.78 is 0. The topological polar surface area (TPSA) is 84.3 Å². The van der Waals surface area contributed by atoms with Crippen molar-refractivity contribution in [2.24, 2.45) is 0 Å². The van der Waals surface area contributed by atoms with Crippen LogP contribution in [0.4, 0.5) is 11.4 Å². The van der Waals surface area contributed by atoms with E-state index in [0.717, 1.165) is 12.2 Å². The molecule has 7 heteroatoms. The lowest BCUT2D eigenvalue weighted by atomic mass is 10.1. The lowest BCUT2D eigenvalue weighted by Gasteiger charge is -2.21. The van der Waals surface area contributed by atoms with E-state index in [0.29, 0.717) is 23.0 Å². The Hall–Kier alpha value is -1.76. The van der Waals surface area contributed by atoms with E-state index in [4.69, 9.17) is 0 Å². The summed E-state index contributed by atoms with van der Waals surface area (Å²) >= 11 is 1.90. The number of nitro groups is 1. The second-order valence-electron chi connectivity index (χ2n) is 4.94. The van der Waals surface area contributed by atoms with Crippen LogP contribution >= 0.6 is 11.8 Å². The van der Waals surface area contributed by atoms with E-state index in [1.807, 2.05) is 11.8 Å². The minimum atomic E-state index is -0.466. The first kappa shape index (κ1) is 15.6. The van der Waals surface area contributed by atoms with E-state index in [-0.39, 0.29) is 11.6 Å². The van der Waals surface area contributed by atoms with Crippen molar-refractivity contribution < 1.29 is 9.72 Å². The third kappa shape index (κ3) is 4.10. The van der Waals surface area contributed by atoms with Crippen LogP contribution in [0.1, 0.15) is 29.6 Å². The molecule has 1 saturated heterocycles. The summed E-state index contributed by atoms with van der Waals surface area (Å²) in [4.78, 5) is 22.5. The fourth-order valence-corrected chi connectivity index (χ4v) is 3.55. The molecule has 2 N–H and O–H groups in total. The first-order valence-corrected chi connectivity index (χ1v) is 8.02. The summed E-state index contributed by atoms with van der Waals surface area (Å²) in [7, 11) is 1.60. The Bertz CT molecular complexity index is 530. The lowest BCUT2D eigenvalue weighted by molar-refractivity contribution is -0.383. The van der Waals surface area contributed by atoms with Crippen LogP contribution < -0.4 is 10.6 Å². The number of carbonyl (C=O) groups is 1. The molecule has 0 aliphatic carbocycles. The molecule has 0 radical (unpaired) electrons. The Kier molecular flexibility index (Phi) is 5.44. The van der Waals surface area contributed by atoms with Gasteiger partial charge in [0.25, 0.3) is 11.6 Å². The van der Waals surface area contributed by atoms with Crippen molar-refractivity contribution in [3.63, 3.8) is 0 Å². The Labute approximate surface area is 127 Å². The molecule has 1 unspecified atom stereocenters. The molecule has 0 aromatic heterocycles. The van der Waals surface area contributed by atoms with Gasteiger partial charge in [-0.15, -0.1) is 0 Å². The van der Waals surface area contributed by atoms with Crippen LogP contribution in [-0.2, 0) is 0 Å². The van der Waals surface area contributed by atoms with Crippen molar-refractivity contribution >= 4 is 29.0 Å². The average Bonchev–Trinajstić information content (AvgIpc) is 2.52. The van der Waals surface area contributed by atoms with Crippen molar-refractivity contribution in [2.45, 2.75) is 24.5 Å². The molecule has 21 heavy (non-hydrogen) atoms. The molecule has 114 valence electrons. The zero-order valence-electron chi connectivity index (χ0n) is 11.9. The van der Waals surface area contributed by atoms with Crippen LogP contribution in [0.5, 0.6) is 0 Å². The molecule has 1 aliphatic heterocycles. The Morgan fingerprint density at radius 3 is 2.90 bits per heavy atom. The highest BCUT2D eigenvalue weighted by atomic mass is 32.2. The highest BCUT2D eigenvalue weighted by molar-refractivity contribution is 7.99. The summed E-state index contributed by atoms with van der Waals surface area (Å²) in [6, 6.07) is 4.36. The number of nitrogens with zero attached hydrogens (tertiary/aromatic N) is 1. The molecule has 1 fully saturated rings. The SMILES string of the molecule is CNc1cc(C(=O)NCC2CCCCS2)ccc1[N+](=O)[O-]. The van der Waals surface area contributed by atoms with Crippen LogP contribution in [0.3, 0.4) is 0 Å². The number of benzene rings is 1. The molecule has 0 bridgehead atoms.